The summed E-state index contributed by atoms with van der Waals surface area (Å²) >= 11 is 0. The smallest absolute Gasteiger partial charge is 0.372 e. The van der Waals surface area contributed by atoms with Gasteiger partial charge in [0.2, 0.25) is 5.78 Å². The number of carbonyl (C=O) groups is 4. The molecule has 0 saturated carbocycles. The Morgan fingerprint density at radius 3 is 1.73 bits per heavy atom. The zero-order chi connectivity index (χ0) is 12.2. The van der Waals surface area contributed by atoms with Crippen molar-refractivity contribution < 1.29 is 39.6 Å². The van der Waals surface area contributed by atoms with E-state index in [1.807, 2.05) is 0 Å². The maximum absolute atomic E-state index is 10.8. The third-order valence-corrected chi connectivity index (χ3v) is 1.58. The van der Waals surface area contributed by atoms with Gasteiger partial charge in [0, 0.05) is 0 Å². The van der Waals surface area contributed by atoms with Crippen molar-refractivity contribution in [3.8, 4) is 0 Å². The Hall–Kier alpha value is -1.96. The lowest BCUT2D eigenvalue weighted by Crippen LogP contribution is -2.39. The molecule has 8 heteroatoms. The van der Waals surface area contributed by atoms with Crippen molar-refractivity contribution in [1.82, 2.24) is 0 Å². The number of hydrogen-bond acceptors (Lipinski definition) is 5. The summed E-state index contributed by atoms with van der Waals surface area (Å²) in [6.45, 7) is 0. The molecule has 84 valence electrons. The molecule has 0 amide bonds. The van der Waals surface area contributed by atoms with Crippen LogP contribution in [0.3, 0.4) is 0 Å². The van der Waals surface area contributed by atoms with Gasteiger partial charge in [-0.15, -0.1) is 0 Å². The van der Waals surface area contributed by atoms with Crippen LogP contribution in [0, 0.1) is 5.92 Å². The lowest BCUT2D eigenvalue weighted by atomic mass is 9.94. The molecule has 0 aliphatic carbocycles. The zero-order valence-electron chi connectivity index (χ0n) is 7.28. The first-order valence-corrected chi connectivity index (χ1v) is 3.67. The van der Waals surface area contributed by atoms with E-state index in [0.29, 0.717) is 0 Å². The summed E-state index contributed by atoms with van der Waals surface area (Å²) in [5.74, 6) is -9.04. The molecular formula is C7H8O8. The molecule has 15 heavy (non-hydrogen) atoms. The maximum atomic E-state index is 10.8. The fourth-order valence-corrected chi connectivity index (χ4v) is 0.867. The molecule has 2 atom stereocenters. The Morgan fingerprint density at radius 1 is 1.00 bits per heavy atom. The Bertz CT molecular complexity index is 306. The van der Waals surface area contributed by atoms with Gasteiger partial charge in [0.15, 0.2) is 6.10 Å². The lowest BCUT2D eigenvalue weighted by molar-refractivity contribution is -0.160. The highest BCUT2D eigenvalue weighted by molar-refractivity contribution is 6.34. The van der Waals surface area contributed by atoms with E-state index in [1.54, 1.807) is 0 Å². The van der Waals surface area contributed by atoms with Crippen LogP contribution in [0.4, 0.5) is 0 Å². The predicted molar refractivity (Wildman–Crippen MR) is 42.0 cm³/mol. The van der Waals surface area contributed by atoms with Gasteiger partial charge in [-0.25, -0.2) is 9.59 Å². The molecule has 0 spiro atoms. The van der Waals surface area contributed by atoms with Gasteiger partial charge in [-0.3, -0.25) is 9.59 Å². The van der Waals surface area contributed by atoms with Crippen LogP contribution in [0.25, 0.3) is 0 Å². The second kappa shape index (κ2) is 5.05. The molecule has 8 nitrogen and oxygen atoms in total. The fourth-order valence-electron chi connectivity index (χ4n) is 0.867. The fraction of sp³-hybridized carbons (Fsp3) is 0.429. The number of carboxylic acids is 3. The Kier molecular flexibility index (Phi) is 4.39. The van der Waals surface area contributed by atoms with Gasteiger partial charge in [-0.2, -0.15) is 0 Å². The average Bonchev–Trinajstić information content (AvgIpc) is 2.11. The van der Waals surface area contributed by atoms with E-state index in [1.165, 1.54) is 0 Å². The normalized spacial score (nSPS) is 13.9. The van der Waals surface area contributed by atoms with Gasteiger partial charge in [0.25, 0.3) is 0 Å². The quantitative estimate of drug-likeness (QED) is 0.382. The van der Waals surface area contributed by atoms with Crippen molar-refractivity contribution in [3.05, 3.63) is 0 Å². The average molecular weight is 220 g/mol. The summed E-state index contributed by atoms with van der Waals surface area (Å²) in [6, 6.07) is 0. The topological polar surface area (TPSA) is 149 Å². The molecule has 0 bridgehead atoms. The monoisotopic (exact) mass is 220 g/mol. The molecule has 0 aromatic carbocycles. The van der Waals surface area contributed by atoms with Crippen molar-refractivity contribution in [1.29, 1.82) is 0 Å². The van der Waals surface area contributed by atoms with Gasteiger partial charge >= 0.3 is 17.9 Å². The summed E-state index contributed by atoms with van der Waals surface area (Å²) in [5, 5.41) is 33.8. The number of carbonyl (C=O) groups excluding carboxylic acids is 1. The van der Waals surface area contributed by atoms with Gasteiger partial charge in [0.05, 0.1) is 12.3 Å². The first-order valence-electron chi connectivity index (χ1n) is 3.67. The standard InChI is InChI=1S/C7H8O8/c8-3(9)1-2(4(10)6(12)13)5(11)7(14)15/h2,4,10H,1H2,(H,8,9)(H,12,13)(H,14,15)/t2-,4-/m0/s1. The highest BCUT2D eigenvalue weighted by Gasteiger charge is 2.37. The van der Waals surface area contributed by atoms with Gasteiger partial charge in [0.1, 0.15) is 0 Å². The van der Waals surface area contributed by atoms with Crippen LogP contribution in [-0.4, -0.2) is 50.2 Å². The lowest BCUT2D eigenvalue weighted by Gasteiger charge is -2.14. The van der Waals surface area contributed by atoms with Crippen molar-refractivity contribution in [3.63, 3.8) is 0 Å². The van der Waals surface area contributed by atoms with Crippen LogP contribution in [0.5, 0.6) is 0 Å². The zero-order valence-corrected chi connectivity index (χ0v) is 7.28. The molecule has 0 aliphatic heterocycles. The number of ketones is 1. The van der Waals surface area contributed by atoms with Crippen LogP contribution >= 0.6 is 0 Å². The molecule has 0 aliphatic rings. The summed E-state index contributed by atoms with van der Waals surface area (Å²) in [4.78, 5) is 41.5. The van der Waals surface area contributed by atoms with Crippen LogP contribution in [0.1, 0.15) is 6.42 Å². The molecule has 0 radical (unpaired) electrons. The molecule has 0 aromatic rings. The second-order valence-corrected chi connectivity index (χ2v) is 2.66. The highest BCUT2D eigenvalue weighted by atomic mass is 16.4. The largest absolute Gasteiger partial charge is 0.481 e. The van der Waals surface area contributed by atoms with E-state index < -0.39 is 42.1 Å². The highest BCUT2D eigenvalue weighted by Crippen LogP contribution is 2.11. The van der Waals surface area contributed by atoms with Crippen molar-refractivity contribution in [2.75, 3.05) is 0 Å². The van der Waals surface area contributed by atoms with Crippen LogP contribution < -0.4 is 0 Å². The molecule has 4 N–H and O–H groups in total. The second-order valence-electron chi connectivity index (χ2n) is 2.66. The number of aliphatic hydroxyl groups excluding tert-OH is 1. The SMILES string of the molecule is O=C(O)C[C@H](C(=O)C(=O)O)[C@H](O)C(=O)O. The Balaban J connectivity index is 4.87. The molecule has 0 unspecified atom stereocenters. The molecule has 0 heterocycles. The maximum Gasteiger partial charge on any atom is 0.372 e. The number of hydrogen-bond donors (Lipinski definition) is 4. The summed E-state index contributed by atoms with van der Waals surface area (Å²) in [5.41, 5.74) is 0. The minimum atomic E-state index is -2.34. The van der Waals surface area contributed by atoms with Crippen LogP contribution in [-0.2, 0) is 19.2 Å². The molecule has 0 rings (SSSR count). The first kappa shape index (κ1) is 13.0. The summed E-state index contributed by atoms with van der Waals surface area (Å²) < 4.78 is 0. The van der Waals surface area contributed by atoms with Gasteiger partial charge < -0.3 is 20.4 Å². The number of rotatable bonds is 6. The van der Waals surface area contributed by atoms with Crippen LogP contribution in [0.2, 0.25) is 0 Å². The third kappa shape index (κ3) is 3.73. The number of aliphatic carboxylic acids is 3. The number of aliphatic hydroxyl groups is 1. The predicted octanol–water partition coefficient (Wildman–Crippen LogP) is -1.82. The summed E-state index contributed by atoms with van der Waals surface area (Å²) in [6.07, 6.45) is -3.40. The van der Waals surface area contributed by atoms with Crippen LogP contribution in [0.15, 0.2) is 0 Å². The van der Waals surface area contributed by atoms with E-state index in [9.17, 15) is 19.2 Å². The third-order valence-electron chi connectivity index (χ3n) is 1.58. The number of carboxylic acid groups (broad SMARTS) is 3. The van der Waals surface area contributed by atoms with E-state index in [-0.39, 0.29) is 0 Å². The van der Waals surface area contributed by atoms with Crippen molar-refractivity contribution >= 4 is 23.7 Å². The Morgan fingerprint density at radius 2 is 1.47 bits per heavy atom. The van der Waals surface area contributed by atoms with Crippen molar-refractivity contribution in [2.45, 2.75) is 12.5 Å². The van der Waals surface area contributed by atoms with Gasteiger partial charge in [-0.05, 0) is 0 Å². The number of Topliss-reactive ketones (excluding diaryl/α,β-unsaturated/α-hetero) is 1. The molecule has 0 saturated heterocycles. The van der Waals surface area contributed by atoms with E-state index in [2.05, 4.69) is 0 Å². The molecular weight excluding hydrogens is 212 g/mol. The van der Waals surface area contributed by atoms with E-state index >= 15 is 0 Å². The molecule has 0 fully saturated rings. The van der Waals surface area contributed by atoms with E-state index in [4.69, 9.17) is 20.4 Å². The molecule has 0 aromatic heterocycles. The minimum absolute atomic E-state index is 1.06. The van der Waals surface area contributed by atoms with Crippen molar-refractivity contribution in [2.24, 2.45) is 5.92 Å². The van der Waals surface area contributed by atoms with E-state index in [0.717, 1.165) is 0 Å². The summed E-state index contributed by atoms with van der Waals surface area (Å²) in [7, 11) is 0. The Labute approximate surface area is 82.8 Å². The first-order chi connectivity index (χ1) is 6.77. The minimum Gasteiger partial charge on any atom is -0.481 e. The van der Waals surface area contributed by atoms with Gasteiger partial charge in [-0.1, -0.05) is 0 Å².